The van der Waals surface area contributed by atoms with Crippen molar-refractivity contribution in [3.63, 3.8) is 0 Å². The molecule has 0 radical (unpaired) electrons. The molecule has 0 aliphatic rings. The molecule has 8 rings (SSSR count). The fraction of sp³-hybridized carbons (Fsp3) is 0.621. The number of aromatic nitrogens is 9. The van der Waals surface area contributed by atoms with Crippen LogP contribution in [0.3, 0.4) is 0 Å². The third-order valence-electron chi connectivity index (χ3n) is 14.0. The average Bonchev–Trinajstić information content (AvgIpc) is 3.98. The second-order valence-corrected chi connectivity index (χ2v) is 31.0. The van der Waals surface area contributed by atoms with E-state index in [1.807, 2.05) is 39.0 Å². The summed E-state index contributed by atoms with van der Waals surface area (Å²) in [6, 6.07) is 4.46. The fourth-order valence-electron chi connectivity index (χ4n) is 10.1. The van der Waals surface area contributed by atoms with Gasteiger partial charge in [0.15, 0.2) is 0 Å². The Bertz CT molecular complexity index is 3240. The van der Waals surface area contributed by atoms with Gasteiger partial charge in [-0.3, -0.25) is 4.98 Å². The van der Waals surface area contributed by atoms with Crippen molar-refractivity contribution in [3.8, 4) is 0 Å². The summed E-state index contributed by atoms with van der Waals surface area (Å²) in [7, 11) is 0. The Labute approximate surface area is 481 Å². The highest BCUT2D eigenvalue weighted by Gasteiger charge is 2.33. The monoisotopic (exact) mass is 1100 g/mol. The molecular formula is C66H103N9OS2. The van der Waals surface area contributed by atoms with E-state index in [-0.39, 0.29) is 58.2 Å². The van der Waals surface area contributed by atoms with Crippen LogP contribution in [0.1, 0.15) is 264 Å². The number of benzene rings is 2. The minimum atomic E-state index is -0.00478. The summed E-state index contributed by atoms with van der Waals surface area (Å²) < 4.78 is 14.0. The lowest BCUT2D eigenvalue weighted by atomic mass is 9.75. The predicted octanol–water partition coefficient (Wildman–Crippen LogP) is 19.4. The highest BCUT2D eigenvalue weighted by atomic mass is 32.1. The molecule has 0 fully saturated rings. The van der Waals surface area contributed by atoms with Gasteiger partial charge < -0.3 is 0 Å². The van der Waals surface area contributed by atoms with E-state index in [4.69, 9.17) is 29.5 Å². The number of hydrogen-bond donors (Lipinski definition) is 0. The molecule has 0 atom stereocenters. The van der Waals surface area contributed by atoms with Gasteiger partial charge in [-0.15, -0.1) is 11.3 Å². The van der Waals surface area contributed by atoms with Gasteiger partial charge in [-0.1, -0.05) is 193 Å². The average molecular weight is 1100 g/mol. The van der Waals surface area contributed by atoms with Crippen molar-refractivity contribution < 1.29 is 4.63 Å². The summed E-state index contributed by atoms with van der Waals surface area (Å²) >= 11 is 3.16. The molecule has 0 aliphatic heterocycles. The van der Waals surface area contributed by atoms with Crippen LogP contribution in [0.4, 0.5) is 0 Å². The maximum atomic E-state index is 5.05. The molecule has 6 aromatic heterocycles. The zero-order valence-corrected chi connectivity index (χ0v) is 54.5. The number of thiophene rings is 1. The Hall–Kier alpha value is -4.81. The van der Waals surface area contributed by atoms with Crippen molar-refractivity contribution in [2.24, 2.45) is 0 Å². The minimum Gasteiger partial charge on any atom is -0.255 e. The standard InChI is InChI=1S/C18H26N2.C16H24N2O.C16H24N2S.C14H21N3S.2CH4/c1-11-12(2)20-16-14(18(6,7)8)10-9-13(15(16)19-11)17(3,4)5;1-9-10(2)12(16(6,7)8)14-13(17-19-18-14)11(9)15(3,4)5;1-9-10(2)18-12-11(17-9)13(15(3,4)5)19-14(12)16(6,7)8;1-8-9(13(2,3)4)10-11(17-18-16-10)12(15-8)14(5,6)7;;/h9-10H,1-8H3;2*1-8H3;1-7H3;2*1H4. The van der Waals surface area contributed by atoms with Gasteiger partial charge in [0.25, 0.3) is 0 Å². The molecule has 10 nitrogen and oxygen atoms in total. The molecule has 0 saturated carbocycles. The highest BCUT2D eigenvalue weighted by Crippen LogP contribution is 2.44. The maximum absolute atomic E-state index is 5.05. The third-order valence-corrected chi connectivity index (χ3v) is 16.5. The first-order chi connectivity index (χ1) is 34.2. The summed E-state index contributed by atoms with van der Waals surface area (Å²) in [5.74, 6) is 0. The second-order valence-electron chi connectivity index (χ2n) is 29.4. The van der Waals surface area contributed by atoms with Gasteiger partial charge in [-0.05, 0) is 130 Å². The molecule has 0 unspecified atom stereocenters. The Kier molecular flexibility index (Phi) is 19.9. The molecule has 78 heavy (non-hydrogen) atoms. The minimum absolute atomic E-state index is 0. The summed E-state index contributed by atoms with van der Waals surface area (Å²) in [5.41, 5.74) is 23.8. The first-order valence-corrected chi connectivity index (χ1v) is 28.7. The molecule has 12 heteroatoms. The molecule has 0 spiro atoms. The predicted molar refractivity (Wildman–Crippen MR) is 340 cm³/mol. The Balaban J connectivity index is 0.000000271. The lowest BCUT2D eigenvalue weighted by molar-refractivity contribution is 0.314. The molecule has 430 valence electrons. The third kappa shape index (κ3) is 14.4. The normalized spacial score (nSPS) is 12.9. The van der Waals surface area contributed by atoms with E-state index in [0.29, 0.717) is 0 Å². The van der Waals surface area contributed by atoms with Crippen LogP contribution in [0, 0.1) is 48.5 Å². The summed E-state index contributed by atoms with van der Waals surface area (Å²) in [5, 5.41) is 8.35. The molecular weight excluding hydrogens is 999 g/mol. The zero-order valence-electron chi connectivity index (χ0n) is 52.9. The van der Waals surface area contributed by atoms with Gasteiger partial charge in [-0.25, -0.2) is 24.6 Å². The second kappa shape index (κ2) is 23.0. The Morgan fingerprint density at radius 1 is 0.321 bits per heavy atom. The van der Waals surface area contributed by atoms with Crippen LogP contribution in [0.15, 0.2) is 16.8 Å². The number of fused-ring (bicyclic) bond motifs is 4. The first kappa shape index (κ1) is 67.5. The first-order valence-electron chi connectivity index (χ1n) is 27.2. The fourth-order valence-corrected chi connectivity index (χ4v) is 12.0. The van der Waals surface area contributed by atoms with Gasteiger partial charge >= 0.3 is 0 Å². The Morgan fingerprint density at radius 3 is 0.936 bits per heavy atom. The van der Waals surface area contributed by atoms with Crippen LogP contribution in [-0.4, -0.2) is 44.0 Å². The highest BCUT2D eigenvalue weighted by molar-refractivity contribution is 7.14. The van der Waals surface area contributed by atoms with Crippen molar-refractivity contribution in [2.75, 3.05) is 0 Å². The topological polar surface area (TPSA) is 129 Å². The number of pyridine rings is 1. The number of rotatable bonds is 0. The van der Waals surface area contributed by atoms with Crippen LogP contribution >= 0.6 is 23.1 Å². The van der Waals surface area contributed by atoms with Crippen LogP contribution in [-0.2, 0) is 43.3 Å². The molecule has 8 aromatic rings. The van der Waals surface area contributed by atoms with E-state index in [1.54, 1.807) is 0 Å². The largest absolute Gasteiger partial charge is 0.255 e. The smallest absolute Gasteiger partial charge is 0.139 e. The quantitative estimate of drug-likeness (QED) is 0.145. The number of aryl methyl sites for hydroxylation is 5. The van der Waals surface area contributed by atoms with Crippen molar-refractivity contribution in [1.29, 1.82) is 0 Å². The summed E-state index contributed by atoms with van der Waals surface area (Å²) in [6.45, 7) is 67.9. The maximum Gasteiger partial charge on any atom is 0.139 e. The summed E-state index contributed by atoms with van der Waals surface area (Å²) in [6.07, 6.45) is 0. The van der Waals surface area contributed by atoms with Crippen molar-refractivity contribution >= 4 is 67.2 Å². The molecule has 2 aromatic carbocycles. The van der Waals surface area contributed by atoms with Crippen molar-refractivity contribution in [1.82, 2.24) is 44.0 Å². The van der Waals surface area contributed by atoms with Gasteiger partial charge in [-0.2, -0.15) is 8.75 Å². The van der Waals surface area contributed by atoms with Gasteiger partial charge in [0.1, 0.15) is 33.1 Å². The van der Waals surface area contributed by atoms with E-state index in [2.05, 4.69) is 218 Å². The lowest BCUT2D eigenvalue weighted by Crippen LogP contribution is -2.20. The van der Waals surface area contributed by atoms with Crippen LogP contribution in [0.2, 0.25) is 0 Å². The number of nitrogens with zero attached hydrogens (tertiary/aromatic N) is 9. The van der Waals surface area contributed by atoms with E-state index in [0.717, 1.165) is 78.3 Å². The van der Waals surface area contributed by atoms with Crippen LogP contribution < -0.4 is 0 Å². The molecule has 6 heterocycles. The Morgan fingerprint density at radius 2 is 0.641 bits per heavy atom. The van der Waals surface area contributed by atoms with Gasteiger partial charge in [0.05, 0.1) is 51.2 Å². The van der Waals surface area contributed by atoms with Crippen LogP contribution in [0.5, 0.6) is 0 Å². The van der Waals surface area contributed by atoms with E-state index in [9.17, 15) is 0 Å². The van der Waals surface area contributed by atoms with Gasteiger partial charge in [0.2, 0.25) is 0 Å². The number of hydrogen-bond acceptors (Lipinski definition) is 12. The zero-order chi connectivity index (χ0) is 58.2. The molecule has 0 aliphatic carbocycles. The van der Waals surface area contributed by atoms with E-state index >= 15 is 0 Å². The van der Waals surface area contributed by atoms with Gasteiger partial charge in [0, 0.05) is 26.4 Å². The van der Waals surface area contributed by atoms with Crippen molar-refractivity contribution in [2.45, 2.75) is 273 Å². The SMILES string of the molecule is C.C.Cc1c(C)c(C(C)(C)C)c2nonc2c1C(C)(C)C.Cc1nc(C(C)(C)C)c2nsnc2c1C(C)(C)C.Cc1nc2c(C(C)(C)C)ccc(C(C)(C)C)c2nc1C.Cc1nc2c(C(C)(C)C)sc(C(C)(C)C)c2nc1C. The van der Waals surface area contributed by atoms with E-state index in [1.165, 1.54) is 60.4 Å². The van der Waals surface area contributed by atoms with E-state index < -0.39 is 0 Å². The lowest BCUT2D eigenvalue weighted by Gasteiger charge is -2.28. The molecule has 0 bridgehead atoms. The molecule has 0 saturated heterocycles. The van der Waals surface area contributed by atoms with Crippen LogP contribution in [0.25, 0.3) is 44.1 Å². The molecule has 0 amide bonds. The van der Waals surface area contributed by atoms with Crippen molar-refractivity contribution in [3.05, 3.63) is 95.0 Å². The summed E-state index contributed by atoms with van der Waals surface area (Å²) in [4.78, 5) is 26.9. The molecule has 0 N–H and O–H groups in total.